The highest BCUT2D eigenvalue weighted by atomic mass is 19.1. The summed E-state index contributed by atoms with van der Waals surface area (Å²) < 4.78 is 15.5. The van der Waals surface area contributed by atoms with Crippen molar-refractivity contribution in [3.05, 3.63) is 70.8 Å². The fourth-order valence-electron chi connectivity index (χ4n) is 3.33. The van der Waals surface area contributed by atoms with Crippen molar-refractivity contribution in [2.24, 2.45) is 0 Å². The van der Waals surface area contributed by atoms with E-state index in [2.05, 4.69) is 20.8 Å². The van der Waals surface area contributed by atoms with Crippen LogP contribution in [0, 0.1) is 24.1 Å². The number of urea groups is 1. The van der Waals surface area contributed by atoms with E-state index in [-0.39, 0.29) is 18.1 Å². The lowest BCUT2D eigenvalue weighted by molar-refractivity contribution is -0.131. The number of nitrogens with one attached hydrogen (secondary N) is 1. The third-order valence-electron chi connectivity index (χ3n) is 5.03. The van der Waals surface area contributed by atoms with Gasteiger partial charge in [0.15, 0.2) is 5.82 Å². The van der Waals surface area contributed by atoms with Gasteiger partial charge in [-0.05, 0) is 59.7 Å². The molecule has 2 heterocycles. The number of imide groups is 1. The molecule has 1 atom stereocenters. The second-order valence-corrected chi connectivity index (χ2v) is 7.10. The number of halogens is 1. The van der Waals surface area contributed by atoms with Crippen molar-refractivity contribution in [1.29, 1.82) is 5.26 Å². The van der Waals surface area contributed by atoms with Gasteiger partial charge in [-0.1, -0.05) is 18.2 Å². The lowest BCUT2D eigenvalue weighted by Gasteiger charge is -2.22. The summed E-state index contributed by atoms with van der Waals surface area (Å²) in [5.41, 5.74) is 0.591. The maximum atomic E-state index is 14.3. The number of carbonyl (C=O) groups is 2. The molecule has 150 valence electrons. The van der Waals surface area contributed by atoms with Crippen LogP contribution >= 0.6 is 0 Å². The molecule has 0 radical (unpaired) electrons. The molecule has 2 aromatic carbocycles. The van der Waals surface area contributed by atoms with Crippen LogP contribution in [0.5, 0.6) is 0 Å². The smallest absolute Gasteiger partial charge is 0.319 e. The predicted octanol–water partition coefficient (Wildman–Crippen LogP) is 1.95. The summed E-state index contributed by atoms with van der Waals surface area (Å²) in [6.07, 6.45) is 0. The molecule has 10 heteroatoms. The van der Waals surface area contributed by atoms with Crippen molar-refractivity contribution in [3.8, 4) is 11.8 Å². The third-order valence-corrected chi connectivity index (χ3v) is 5.03. The number of nitrogens with zero attached hydrogens (tertiary/aromatic N) is 6. The minimum Gasteiger partial charge on any atom is -0.319 e. The predicted molar refractivity (Wildman–Crippen MR) is 101 cm³/mol. The molecule has 1 aliphatic heterocycles. The molecule has 0 bridgehead atoms. The van der Waals surface area contributed by atoms with Gasteiger partial charge in [0.2, 0.25) is 0 Å². The lowest BCUT2D eigenvalue weighted by Crippen LogP contribution is -2.40. The number of tetrazole rings is 1. The van der Waals surface area contributed by atoms with E-state index in [0.29, 0.717) is 11.1 Å². The van der Waals surface area contributed by atoms with E-state index in [1.54, 1.807) is 50.2 Å². The van der Waals surface area contributed by atoms with Crippen molar-refractivity contribution >= 4 is 11.9 Å². The molecule has 0 saturated carbocycles. The quantitative estimate of drug-likeness (QED) is 0.663. The molecule has 4 rings (SSSR count). The zero-order chi connectivity index (χ0) is 21.5. The molecule has 9 nitrogen and oxygen atoms in total. The van der Waals surface area contributed by atoms with Crippen LogP contribution in [0.1, 0.15) is 29.4 Å². The first-order valence-corrected chi connectivity index (χ1v) is 9.02. The molecule has 30 heavy (non-hydrogen) atoms. The summed E-state index contributed by atoms with van der Waals surface area (Å²) in [5.74, 6) is -0.905. The van der Waals surface area contributed by atoms with Gasteiger partial charge in [-0.25, -0.2) is 9.18 Å². The summed E-state index contributed by atoms with van der Waals surface area (Å²) in [6, 6.07) is 12.3. The fourth-order valence-corrected chi connectivity index (χ4v) is 3.33. The average molecular weight is 405 g/mol. The minimum absolute atomic E-state index is 0.122. The van der Waals surface area contributed by atoms with Crippen LogP contribution in [0.3, 0.4) is 0 Å². The monoisotopic (exact) mass is 405 g/mol. The number of aromatic nitrogens is 4. The molecule has 1 aromatic heterocycles. The maximum Gasteiger partial charge on any atom is 0.325 e. The molecule has 0 aliphatic carbocycles. The number of hydrogen-bond donors (Lipinski definition) is 1. The van der Waals surface area contributed by atoms with E-state index >= 15 is 0 Å². The van der Waals surface area contributed by atoms with Crippen LogP contribution in [-0.4, -0.2) is 37.0 Å². The molecular weight excluding hydrogens is 389 g/mol. The highest BCUT2D eigenvalue weighted by Crippen LogP contribution is 2.30. The van der Waals surface area contributed by atoms with Gasteiger partial charge in [0.05, 0.1) is 18.2 Å². The number of amides is 3. The number of benzene rings is 2. The number of rotatable bonds is 4. The highest BCUT2D eigenvalue weighted by Gasteiger charge is 2.49. The Morgan fingerprint density at radius 2 is 1.93 bits per heavy atom. The Labute approximate surface area is 170 Å². The Morgan fingerprint density at radius 3 is 2.63 bits per heavy atom. The lowest BCUT2D eigenvalue weighted by atomic mass is 9.91. The molecule has 1 fully saturated rings. The highest BCUT2D eigenvalue weighted by molar-refractivity contribution is 6.07. The Bertz CT molecular complexity index is 1200. The minimum atomic E-state index is -1.31. The van der Waals surface area contributed by atoms with Gasteiger partial charge in [-0.2, -0.15) is 9.94 Å². The normalized spacial score (nSPS) is 18.4. The second kappa shape index (κ2) is 7.04. The van der Waals surface area contributed by atoms with Crippen LogP contribution in [0.25, 0.3) is 5.69 Å². The second-order valence-electron chi connectivity index (χ2n) is 7.10. The molecule has 1 N–H and O–H groups in total. The number of carbonyl (C=O) groups excluding carboxylic acids is 2. The summed E-state index contributed by atoms with van der Waals surface area (Å²) in [5, 5.41) is 22.9. The van der Waals surface area contributed by atoms with Gasteiger partial charge in [-0.3, -0.25) is 9.69 Å². The molecule has 3 aromatic rings. The van der Waals surface area contributed by atoms with E-state index in [1.807, 2.05) is 6.07 Å². The van der Waals surface area contributed by atoms with E-state index in [1.165, 1.54) is 10.7 Å². The standard InChI is InChI=1S/C20H16FN7O2/c1-12-3-8-15(21)16(9-12)28-17(24-25-26-28)11-27-18(29)20(2,23-19(27)30)14-6-4-13(10-22)5-7-14/h3-9H,11H2,1-2H3,(H,23,30). The number of nitriles is 1. The molecule has 3 amide bonds. The van der Waals surface area contributed by atoms with Crippen LogP contribution in [-0.2, 0) is 16.9 Å². The van der Waals surface area contributed by atoms with Crippen molar-refractivity contribution < 1.29 is 14.0 Å². The fraction of sp³-hybridized carbons (Fsp3) is 0.200. The first-order chi connectivity index (χ1) is 14.3. The van der Waals surface area contributed by atoms with Gasteiger partial charge < -0.3 is 5.32 Å². The van der Waals surface area contributed by atoms with Crippen LogP contribution in [0.4, 0.5) is 9.18 Å². The summed E-state index contributed by atoms with van der Waals surface area (Å²) in [6.45, 7) is 3.14. The summed E-state index contributed by atoms with van der Waals surface area (Å²) >= 11 is 0. The summed E-state index contributed by atoms with van der Waals surface area (Å²) in [7, 11) is 0. The van der Waals surface area contributed by atoms with Crippen molar-refractivity contribution in [2.45, 2.75) is 25.9 Å². The molecular formula is C20H16FN7O2. The molecule has 0 spiro atoms. The topological polar surface area (TPSA) is 117 Å². The average Bonchev–Trinajstić information content (AvgIpc) is 3.28. The van der Waals surface area contributed by atoms with Crippen LogP contribution in [0.2, 0.25) is 0 Å². The third kappa shape index (κ3) is 3.06. The van der Waals surface area contributed by atoms with Crippen molar-refractivity contribution in [1.82, 2.24) is 30.4 Å². The van der Waals surface area contributed by atoms with E-state index in [4.69, 9.17) is 5.26 Å². The van der Waals surface area contributed by atoms with Gasteiger partial charge in [0.1, 0.15) is 17.0 Å². The molecule has 1 unspecified atom stereocenters. The van der Waals surface area contributed by atoms with Gasteiger partial charge in [0, 0.05) is 0 Å². The van der Waals surface area contributed by atoms with Crippen LogP contribution in [0.15, 0.2) is 42.5 Å². The summed E-state index contributed by atoms with van der Waals surface area (Å²) in [4.78, 5) is 26.7. The van der Waals surface area contributed by atoms with Gasteiger partial charge >= 0.3 is 6.03 Å². The Morgan fingerprint density at radius 1 is 1.20 bits per heavy atom. The SMILES string of the molecule is Cc1ccc(F)c(-n2nnnc2CN2C(=O)NC(C)(c3ccc(C#N)cc3)C2=O)c1. The number of hydrogen-bond acceptors (Lipinski definition) is 6. The zero-order valence-corrected chi connectivity index (χ0v) is 16.1. The number of aryl methyl sites for hydroxylation is 1. The zero-order valence-electron chi connectivity index (χ0n) is 16.1. The van der Waals surface area contributed by atoms with Gasteiger partial charge in [-0.15, -0.1) is 5.10 Å². The van der Waals surface area contributed by atoms with Crippen LogP contribution < -0.4 is 5.32 Å². The Kier molecular flexibility index (Phi) is 4.50. The van der Waals surface area contributed by atoms with E-state index in [0.717, 1.165) is 10.5 Å². The maximum absolute atomic E-state index is 14.3. The Balaban J connectivity index is 1.65. The first kappa shape index (κ1) is 19.2. The van der Waals surface area contributed by atoms with E-state index in [9.17, 15) is 14.0 Å². The molecule has 1 saturated heterocycles. The first-order valence-electron chi connectivity index (χ1n) is 9.02. The van der Waals surface area contributed by atoms with Crippen molar-refractivity contribution in [3.63, 3.8) is 0 Å². The largest absolute Gasteiger partial charge is 0.325 e. The van der Waals surface area contributed by atoms with E-state index < -0.39 is 23.3 Å². The molecule has 1 aliphatic rings. The van der Waals surface area contributed by atoms with Crippen molar-refractivity contribution in [2.75, 3.05) is 0 Å². The van der Waals surface area contributed by atoms with Gasteiger partial charge in [0.25, 0.3) is 5.91 Å². The Hall–Kier alpha value is -4.13.